The van der Waals surface area contributed by atoms with E-state index in [2.05, 4.69) is 4.98 Å². The fraction of sp³-hybridized carbons (Fsp3) is 0.350. The van der Waals surface area contributed by atoms with Gasteiger partial charge in [0.15, 0.2) is 0 Å². The van der Waals surface area contributed by atoms with Crippen molar-refractivity contribution in [3.63, 3.8) is 0 Å². The van der Waals surface area contributed by atoms with Crippen molar-refractivity contribution in [3.8, 4) is 5.75 Å². The quantitative estimate of drug-likeness (QED) is 0.841. The lowest BCUT2D eigenvalue weighted by atomic mass is 10.1. The van der Waals surface area contributed by atoms with Gasteiger partial charge in [-0.1, -0.05) is 18.2 Å². The zero-order chi connectivity index (χ0) is 19.2. The number of piperidine rings is 1. The first-order valence-corrected chi connectivity index (χ1v) is 8.80. The molecule has 0 spiro atoms. The molecule has 1 aliphatic rings. The maximum Gasteiger partial charge on any atom is 0.335 e. The number of hydrogen-bond acceptors (Lipinski definition) is 5. The van der Waals surface area contributed by atoms with E-state index in [-0.39, 0.29) is 23.3 Å². The van der Waals surface area contributed by atoms with Gasteiger partial charge in [-0.3, -0.25) is 9.78 Å². The molecule has 0 saturated carbocycles. The summed E-state index contributed by atoms with van der Waals surface area (Å²) in [6, 6.07) is 10.4. The van der Waals surface area contributed by atoms with Gasteiger partial charge in [-0.25, -0.2) is 4.79 Å². The largest absolute Gasteiger partial charge is 0.496 e. The highest BCUT2D eigenvalue weighted by Crippen LogP contribution is 2.22. The molecule has 0 atom stereocenters. The molecule has 0 radical (unpaired) electrons. The van der Waals surface area contributed by atoms with Crippen molar-refractivity contribution in [2.75, 3.05) is 20.2 Å². The predicted molar refractivity (Wildman–Crippen MR) is 97.9 cm³/mol. The van der Waals surface area contributed by atoms with Gasteiger partial charge in [-0.2, -0.15) is 0 Å². The van der Waals surface area contributed by atoms with Crippen molar-refractivity contribution in [3.05, 3.63) is 59.4 Å². The van der Waals surface area contributed by atoms with Gasteiger partial charge in [0.05, 0.1) is 25.4 Å². The Morgan fingerprint density at radius 2 is 1.96 bits per heavy atom. The minimum absolute atomic E-state index is 0.0587. The molecule has 27 heavy (non-hydrogen) atoms. The summed E-state index contributed by atoms with van der Waals surface area (Å²) in [5, 5.41) is 9.05. The van der Waals surface area contributed by atoms with E-state index in [4.69, 9.17) is 14.6 Å². The normalized spacial score (nSPS) is 14.8. The Balaban J connectivity index is 1.53. The second-order valence-electron chi connectivity index (χ2n) is 6.35. The number of hydrogen-bond donors (Lipinski definition) is 1. The van der Waals surface area contributed by atoms with Gasteiger partial charge < -0.3 is 19.5 Å². The number of carboxylic acid groups (broad SMARTS) is 1. The van der Waals surface area contributed by atoms with Crippen LogP contribution in [0.25, 0.3) is 0 Å². The first kappa shape index (κ1) is 18.8. The number of amides is 1. The Morgan fingerprint density at radius 3 is 2.67 bits per heavy atom. The van der Waals surface area contributed by atoms with Crippen molar-refractivity contribution in [2.24, 2.45) is 0 Å². The summed E-state index contributed by atoms with van der Waals surface area (Å²) in [5.74, 6) is -0.523. The molecule has 0 bridgehead atoms. The second-order valence-corrected chi connectivity index (χ2v) is 6.35. The number of carboxylic acids is 1. The summed E-state index contributed by atoms with van der Waals surface area (Å²) in [5.41, 5.74) is 1.21. The molecule has 142 valence electrons. The van der Waals surface area contributed by atoms with Gasteiger partial charge in [0.2, 0.25) is 0 Å². The number of para-hydroxylation sites is 1. The highest BCUT2D eigenvalue weighted by Gasteiger charge is 2.25. The zero-order valence-corrected chi connectivity index (χ0v) is 15.1. The van der Waals surface area contributed by atoms with E-state index in [1.807, 2.05) is 24.3 Å². The lowest BCUT2D eigenvalue weighted by molar-refractivity contribution is -0.00109. The van der Waals surface area contributed by atoms with Crippen molar-refractivity contribution >= 4 is 11.9 Å². The molecule has 1 aliphatic heterocycles. The molecular formula is C20H22N2O5. The van der Waals surface area contributed by atoms with Crippen LogP contribution in [0.2, 0.25) is 0 Å². The van der Waals surface area contributed by atoms with Crippen LogP contribution in [0.1, 0.15) is 39.3 Å². The third-order valence-corrected chi connectivity index (χ3v) is 4.62. The number of pyridine rings is 1. The van der Waals surface area contributed by atoms with Crippen molar-refractivity contribution in [2.45, 2.75) is 25.6 Å². The summed E-state index contributed by atoms with van der Waals surface area (Å²) in [7, 11) is 1.64. The highest BCUT2D eigenvalue weighted by molar-refractivity contribution is 5.95. The molecule has 1 amide bonds. The average Bonchev–Trinajstić information content (AvgIpc) is 2.72. The van der Waals surface area contributed by atoms with E-state index in [1.54, 1.807) is 12.0 Å². The number of likely N-dealkylation sites (tertiary alicyclic amines) is 1. The number of aromatic carboxylic acids is 1. The van der Waals surface area contributed by atoms with Gasteiger partial charge in [0, 0.05) is 24.8 Å². The SMILES string of the molecule is COc1ccccc1COC1CCN(C(=O)c2cc(C(=O)O)ccn2)CC1. The lowest BCUT2D eigenvalue weighted by Gasteiger charge is -2.31. The molecule has 1 fully saturated rings. The summed E-state index contributed by atoms with van der Waals surface area (Å²) in [6.45, 7) is 1.56. The van der Waals surface area contributed by atoms with Crippen LogP contribution in [0.5, 0.6) is 5.75 Å². The molecule has 1 N–H and O–H groups in total. The molecule has 2 heterocycles. The minimum atomic E-state index is -1.07. The maximum atomic E-state index is 12.6. The molecule has 1 aromatic carbocycles. The average molecular weight is 370 g/mol. The van der Waals surface area contributed by atoms with Crippen LogP contribution in [0, 0.1) is 0 Å². The van der Waals surface area contributed by atoms with Crippen molar-refractivity contribution in [1.29, 1.82) is 0 Å². The fourth-order valence-electron chi connectivity index (χ4n) is 3.10. The standard InChI is InChI=1S/C20H22N2O5/c1-26-18-5-3-2-4-15(18)13-27-16-7-10-22(11-8-16)19(23)17-12-14(20(24)25)6-9-21-17/h2-6,9,12,16H,7-8,10-11,13H2,1H3,(H,24,25). The van der Waals surface area contributed by atoms with Crippen LogP contribution in [0.4, 0.5) is 0 Å². The number of ether oxygens (including phenoxy) is 2. The monoisotopic (exact) mass is 370 g/mol. The van der Waals surface area contributed by atoms with Gasteiger partial charge >= 0.3 is 5.97 Å². The van der Waals surface area contributed by atoms with Gasteiger partial charge in [-0.15, -0.1) is 0 Å². The molecule has 7 heteroatoms. The molecule has 2 aromatic rings. The lowest BCUT2D eigenvalue weighted by Crippen LogP contribution is -2.41. The Labute approximate surface area is 157 Å². The van der Waals surface area contributed by atoms with Crippen LogP contribution in [-0.4, -0.2) is 53.2 Å². The first-order valence-electron chi connectivity index (χ1n) is 8.80. The predicted octanol–water partition coefficient (Wildman–Crippen LogP) is 2.61. The molecule has 0 aliphatic carbocycles. The number of carbonyl (C=O) groups excluding carboxylic acids is 1. The van der Waals surface area contributed by atoms with Crippen LogP contribution in [-0.2, 0) is 11.3 Å². The first-order chi connectivity index (χ1) is 13.1. The van der Waals surface area contributed by atoms with E-state index in [0.717, 1.165) is 24.2 Å². The molecule has 0 unspecified atom stereocenters. The van der Waals surface area contributed by atoms with E-state index in [1.165, 1.54) is 18.3 Å². The van der Waals surface area contributed by atoms with Crippen LogP contribution >= 0.6 is 0 Å². The Bertz CT molecular complexity index is 816. The van der Waals surface area contributed by atoms with Crippen LogP contribution < -0.4 is 4.74 Å². The summed E-state index contributed by atoms with van der Waals surface area (Å²) >= 11 is 0. The van der Waals surface area contributed by atoms with E-state index in [0.29, 0.717) is 19.7 Å². The highest BCUT2D eigenvalue weighted by atomic mass is 16.5. The molecule has 1 aromatic heterocycles. The van der Waals surface area contributed by atoms with Crippen molar-refractivity contribution in [1.82, 2.24) is 9.88 Å². The van der Waals surface area contributed by atoms with Gasteiger partial charge in [0.1, 0.15) is 11.4 Å². The zero-order valence-electron chi connectivity index (χ0n) is 15.1. The van der Waals surface area contributed by atoms with Gasteiger partial charge in [-0.05, 0) is 31.0 Å². The van der Waals surface area contributed by atoms with Crippen LogP contribution in [0.15, 0.2) is 42.6 Å². The van der Waals surface area contributed by atoms with E-state index in [9.17, 15) is 9.59 Å². The van der Waals surface area contributed by atoms with Crippen LogP contribution in [0.3, 0.4) is 0 Å². The minimum Gasteiger partial charge on any atom is -0.496 e. The third kappa shape index (κ3) is 4.62. The van der Waals surface area contributed by atoms with E-state index < -0.39 is 5.97 Å². The third-order valence-electron chi connectivity index (χ3n) is 4.62. The second kappa shape index (κ2) is 8.64. The Hall–Kier alpha value is -2.93. The van der Waals surface area contributed by atoms with Crippen molar-refractivity contribution < 1.29 is 24.2 Å². The topological polar surface area (TPSA) is 89.0 Å². The fourth-order valence-corrected chi connectivity index (χ4v) is 3.10. The number of methoxy groups -OCH3 is 1. The number of rotatable bonds is 6. The maximum absolute atomic E-state index is 12.6. The smallest absolute Gasteiger partial charge is 0.335 e. The number of nitrogens with zero attached hydrogens (tertiary/aromatic N) is 2. The Morgan fingerprint density at radius 1 is 1.22 bits per heavy atom. The Kier molecular flexibility index (Phi) is 6.03. The van der Waals surface area contributed by atoms with E-state index >= 15 is 0 Å². The number of aromatic nitrogens is 1. The summed E-state index contributed by atoms with van der Waals surface area (Å²) in [4.78, 5) is 29.3. The molecule has 1 saturated heterocycles. The molecule has 7 nitrogen and oxygen atoms in total. The number of carbonyl (C=O) groups is 2. The van der Waals surface area contributed by atoms with Gasteiger partial charge in [0.25, 0.3) is 5.91 Å². The number of benzene rings is 1. The summed E-state index contributed by atoms with van der Waals surface area (Å²) in [6.07, 6.45) is 2.86. The summed E-state index contributed by atoms with van der Waals surface area (Å²) < 4.78 is 11.3. The molecular weight excluding hydrogens is 348 g/mol. The molecule has 3 rings (SSSR count).